The van der Waals surface area contributed by atoms with Crippen LogP contribution < -0.4 is 10.6 Å². The normalized spacial score (nSPS) is 24.2. The molecular weight excluding hydrogens is 496 g/mol. The van der Waals surface area contributed by atoms with Gasteiger partial charge in [0, 0.05) is 31.2 Å². The number of rotatable bonds is 11. The molecule has 2 aromatic carbocycles. The van der Waals surface area contributed by atoms with Crippen molar-refractivity contribution in [3.05, 3.63) is 71.8 Å². The van der Waals surface area contributed by atoms with Crippen LogP contribution >= 0.6 is 0 Å². The summed E-state index contributed by atoms with van der Waals surface area (Å²) in [5, 5.41) is 6.35. The molecule has 2 saturated heterocycles. The van der Waals surface area contributed by atoms with Crippen molar-refractivity contribution in [1.29, 1.82) is 0 Å². The fourth-order valence-electron chi connectivity index (χ4n) is 6.92. The number of nitrogens with zero attached hydrogens (tertiary/aromatic N) is 2. The minimum atomic E-state index is -0.217. The number of amides is 2. The highest BCUT2D eigenvalue weighted by atomic mass is 16.2. The average molecular weight is 547 g/mol. The molecule has 4 rings (SSSR count). The van der Waals surface area contributed by atoms with Gasteiger partial charge in [-0.25, -0.2) is 0 Å². The number of carbonyl (C=O) groups excluding carboxylic acids is 2. The molecule has 2 amide bonds. The van der Waals surface area contributed by atoms with Crippen molar-refractivity contribution in [3.63, 3.8) is 0 Å². The first-order chi connectivity index (χ1) is 19.1. The van der Waals surface area contributed by atoms with Crippen LogP contribution in [0.5, 0.6) is 0 Å². The Balaban J connectivity index is 1.54. The van der Waals surface area contributed by atoms with Gasteiger partial charge >= 0.3 is 0 Å². The first-order valence-electron chi connectivity index (χ1n) is 15.3. The van der Waals surface area contributed by atoms with Gasteiger partial charge in [0.1, 0.15) is 0 Å². The first kappa shape index (κ1) is 30.3. The standard InChI is InChI=1S/C34H50N4O2/c1-23(2)35-33(39)26(6)38-22-30(28-15-11-8-12-16-28)20-31(38)19-25(5)32(34(40)36-24(3)4)37-18-17-29(21-37)27-13-9-7-10-14-27/h7-16,23-26,29-32H,17-22H2,1-6H3,(H,35,39)(H,36,40). The second-order valence-corrected chi connectivity index (χ2v) is 12.7. The molecule has 2 heterocycles. The molecule has 0 radical (unpaired) electrons. The number of carbonyl (C=O) groups is 2. The zero-order valence-electron chi connectivity index (χ0n) is 25.3. The molecular formula is C34H50N4O2. The van der Waals surface area contributed by atoms with Gasteiger partial charge in [0.15, 0.2) is 0 Å². The molecule has 0 saturated carbocycles. The molecule has 218 valence electrons. The quantitative estimate of drug-likeness (QED) is 0.408. The maximum absolute atomic E-state index is 13.7. The molecule has 40 heavy (non-hydrogen) atoms. The van der Waals surface area contributed by atoms with Crippen molar-refractivity contribution in [2.24, 2.45) is 5.92 Å². The second kappa shape index (κ2) is 13.8. The van der Waals surface area contributed by atoms with E-state index in [-0.39, 0.29) is 47.9 Å². The van der Waals surface area contributed by atoms with Gasteiger partial charge in [-0.15, -0.1) is 0 Å². The number of nitrogens with one attached hydrogen (secondary N) is 2. The summed E-state index contributed by atoms with van der Waals surface area (Å²) in [6.07, 6.45) is 2.95. The van der Waals surface area contributed by atoms with Crippen LogP contribution in [0, 0.1) is 5.92 Å². The lowest BCUT2D eigenvalue weighted by Gasteiger charge is -2.36. The maximum Gasteiger partial charge on any atom is 0.237 e. The number of benzene rings is 2. The molecule has 2 aliphatic heterocycles. The first-order valence-corrected chi connectivity index (χ1v) is 15.3. The van der Waals surface area contributed by atoms with Crippen LogP contribution in [0.2, 0.25) is 0 Å². The molecule has 6 atom stereocenters. The van der Waals surface area contributed by atoms with Crippen LogP contribution in [0.15, 0.2) is 60.7 Å². The smallest absolute Gasteiger partial charge is 0.237 e. The Kier molecular flexibility index (Phi) is 10.4. The molecule has 6 heteroatoms. The van der Waals surface area contributed by atoms with E-state index in [0.29, 0.717) is 11.8 Å². The Morgan fingerprint density at radius 2 is 1.32 bits per heavy atom. The maximum atomic E-state index is 13.7. The zero-order chi connectivity index (χ0) is 28.8. The van der Waals surface area contributed by atoms with Crippen LogP contribution in [0.25, 0.3) is 0 Å². The molecule has 6 unspecified atom stereocenters. The minimum absolute atomic E-state index is 0.0840. The van der Waals surface area contributed by atoms with Crippen molar-refractivity contribution in [1.82, 2.24) is 20.4 Å². The number of likely N-dealkylation sites (tertiary alicyclic amines) is 2. The lowest BCUT2D eigenvalue weighted by molar-refractivity contribution is -0.130. The summed E-state index contributed by atoms with van der Waals surface area (Å²) in [7, 11) is 0. The van der Waals surface area contributed by atoms with E-state index >= 15 is 0 Å². The van der Waals surface area contributed by atoms with Crippen LogP contribution in [-0.2, 0) is 9.59 Å². The van der Waals surface area contributed by atoms with E-state index in [1.54, 1.807) is 0 Å². The van der Waals surface area contributed by atoms with Crippen molar-refractivity contribution >= 4 is 11.8 Å². The highest BCUT2D eigenvalue weighted by Crippen LogP contribution is 2.38. The van der Waals surface area contributed by atoms with E-state index in [1.165, 1.54) is 11.1 Å². The molecule has 2 aliphatic rings. The van der Waals surface area contributed by atoms with Crippen LogP contribution in [0.4, 0.5) is 0 Å². The molecule has 2 N–H and O–H groups in total. The number of hydrogen-bond acceptors (Lipinski definition) is 4. The molecule has 0 aliphatic carbocycles. The van der Waals surface area contributed by atoms with Gasteiger partial charge in [0.05, 0.1) is 12.1 Å². The SMILES string of the molecule is CC(C)NC(=O)C(C(C)CC1CC(c2ccccc2)CN1C(C)C(=O)NC(C)C)N1CCC(c2ccccc2)C1. The lowest BCUT2D eigenvalue weighted by Crippen LogP contribution is -2.53. The van der Waals surface area contributed by atoms with Crippen molar-refractivity contribution in [2.75, 3.05) is 19.6 Å². The van der Waals surface area contributed by atoms with Gasteiger partial charge in [-0.2, -0.15) is 0 Å². The molecule has 0 spiro atoms. The molecule has 6 nitrogen and oxygen atoms in total. The van der Waals surface area contributed by atoms with E-state index in [0.717, 1.165) is 38.9 Å². The summed E-state index contributed by atoms with van der Waals surface area (Å²) in [5.41, 5.74) is 2.69. The zero-order valence-corrected chi connectivity index (χ0v) is 25.3. The summed E-state index contributed by atoms with van der Waals surface area (Å²) in [6, 6.07) is 21.4. The van der Waals surface area contributed by atoms with Gasteiger partial charge < -0.3 is 10.6 Å². The Bertz CT molecular complexity index is 1090. The van der Waals surface area contributed by atoms with Gasteiger partial charge in [-0.3, -0.25) is 19.4 Å². The molecule has 0 aromatic heterocycles. The van der Waals surface area contributed by atoms with Crippen molar-refractivity contribution in [3.8, 4) is 0 Å². The third kappa shape index (κ3) is 7.52. The topological polar surface area (TPSA) is 64.7 Å². The summed E-state index contributed by atoms with van der Waals surface area (Å²) in [4.78, 5) is 31.7. The van der Waals surface area contributed by atoms with Crippen LogP contribution in [0.1, 0.15) is 83.8 Å². The number of hydrogen-bond donors (Lipinski definition) is 2. The predicted octanol–water partition coefficient (Wildman–Crippen LogP) is 5.17. The highest BCUT2D eigenvalue weighted by molar-refractivity contribution is 5.82. The van der Waals surface area contributed by atoms with Gasteiger partial charge in [-0.1, -0.05) is 67.6 Å². The molecule has 2 aromatic rings. The highest BCUT2D eigenvalue weighted by Gasteiger charge is 2.42. The summed E-state index contributed by atoms with van der Waals surface area (Å²) in [6.45, 7) is 15.1. The molecule has 2 fully saturated rings. The largest absolute Gasteiger partial charge is 0.353 e. The fourth-order valence-corrected chi connectivity index (χ4v) is 6.92. The Labute approximate surface area is 241 Å². The summed E-state index contributed by atoms with van der Waals surface area (Å²) < 4.78 is 0. The average Bonchev–Trinajstić information content (AvgIpc) is 3.56. The van der Waals surface area contributed by atoms with E-state index in [2.05, 4.69) is 88.0 Å². The summed E-state index contributed by atoms with van der Waals surface area (Å²) in [5.74, 6) is 1.19. The van der Waals surface area contributed by atoms with Crippen LogP contribution in [0.3, 0.4) is 0 Å². The van der Waals surface area contributed by atoms with Crippen LogP contribution in [-0.4, -0.2) is 71.5 Å². The third-order valence-corrected chi connectivity index (χ3v) is 8.80. The van der Waals surface area contributed by atoms with Crippen molar-refractivity contribution < 1.29 is 9.59 Å². The predicted molar refractivity (Wildman–Crippen MR) is 163 cm³/mol. The van der Waals surface area contributed by atoms with E-state index in [4.69, 9.17) is 0 Å². The Morgan fingerprint density at radius 3 is 1.90 bits per heavy atom. The summed E-state index contributed by atoms with van der Waals surface area (Å²) >= 11 is 0. The van der Waals surface area contributed by atoms with E-state index < -0.39 is 0 Å². The monoisotopic (exact) mass is 546 g/mol. The van der Waals surface area contributed by atoms with Crippen molar-refractivity contribution in [2.45, 2.75) is 103 Å². The lowest BCUT2D eigenvalue weighted by atomic mass is 9.88. The van der Waals surface area contributed by atoms with Gasteiger partial charge in [0.2, 0.25) is 11.8 Å². The second-order valence-electron chi connectivity index (χ2n) is 12.7. The van der Waals surface area contributed by atoms with E-state index in [9.17, 15) is 9.59 Å². The van der Waals surface area contributed by atoms with Gasteiger partial charge in [0.25, 0.3) is 0 Å². The molecule has 0 bridgehead atoms. The van der Waals surface area contributed by atoms with E-state index in [1.807, 2.05) is 34.6 Å². The third-order valence-electron chi connectivity index (χ3n) is 8.80. The van der Waals surface area contributed by atoms with Gasteiger partial charge in [-0.05, 0) is 89.3 Å². The minimum Gasteiger partial charge on any atom is -0.353 e. The fraction of sp³-hybridized carbons (Fsp3) is 0.588. The Hall–Kier alpha value is -2.70. The Morgan fingerprint density at radius 1 is 0.775 bits per heavy atom.